The molecule has 0 N–H and O–H groups in total. The van der Waals surface area contributed by atoms with Gasteiger partial charge in [0.2, 0.25) is 0 Å². The van der Waals surface area contributed by atoms with Crippen molar-refractivity contribution < 1.29 is 4.74 Å². The van der Waals surface area contributed by atoms with E-state index < -0.39 is 0 Å². The maximum Gasteiger partial charge on any atom is 0.0952 e. The molecular weight excluding hydrogens is 321 g/mol. The van der Waals surface area contributed by atoms with Crippen LogP contribution in [0.15, 0.2) is 18.2 Å². The lowest BCUT2D eigenvalue weighted by molar-refractivity contribution is -0.0328. The molecule has 1 aliphatic heterocycles. The summed E-state index contributed by atoms with van der Waals surface area (Å²) < 4.78 is 5.81. The second-order valence-corrected chi connectivity index (χ2v) is 6.13. The van der Waals surface area contributed by atoms with Crippen molar-refractivity contribution in [1.82, 2.24) is 4.90 Å². The number of hydrogen-bond donors (Lipinski definition) is 0. The Morgan fingerprint density at radius 2 is 2.14 bits per heavy atom. The van der Waals surface area contributed by atoms with Crippen molar-refractivity contribution in [1.29, 1.82) is 10.5 Å². The van der Waals surface area contributed by atoms with E-state index in [1.54, 1.807) is 6.07 Å². The first kappa shape index (κ1) is 17.1. The zero-order chi connectivity index (χ0) is 15.9. The normalized spacial score (nSPS) is 20.1. The van der Waals surface area contributed by atoms with Gasteiger partial charge in [-0.05, 0) is 24.1 Å². The molecule has 2 unspecified atom stereocenters. The molecule has 1 fully saturated rings. The summed E-state index contributed by atoms with van der Waals surface area (Å²) in [6.07, 6.45) is 0.958. The van der Waals surface area contributed by atoms with Crippen LogP contribution in [0, 0.1) is 28.6 Å². The van der Waals surface area contributed by atoms with Gasteiger partial charge in [-0.2, -0.15) is 10.5 Å². The lowest BCUT2D eigenvalue weighted by atomic mass is 10.0. The first-order chi connectivity index (χ1) is 10.6. The fraction of sp³-hybridized carbons (Fsp3) is 0.500. The van der Waals surface area contributed by atoms with Crippen LogP contribution in [0.1, 0.15) is 24.5 Å². The molecule has 2 rings (SSSR count). The molecule has 0 saturated carbocycles. The van der Waals surface area contributed by atoms with Crippen LogP contribution in [0.5, 0.6) is 0 Å². The van der Waals surface area contributed by atoms with Crippen molar-refractivity contribution in [3.63, 3.8) is 0 Å². The van der Waals surface area contributed by atoms with Crippen molar-refractivity contribution in [2.24, 2.45) is 5.92 Å². The molecule has 116 valence electrons. The number of hydrogen-bond acceptors (Lipinski definition) is 4. The second kappa shape index (κ2) is 8.36. The van der Waals surface area contributed by atoms with Gasteiger partial charge in [-0.15, -0.1) is 0 Å². The molecule has 0 aliphatic carbocycles. The Balaban J connectivity index is 1.98. The Morgan fingerprint density at radius 3 is 2.82 bits per heavy atom. The number of ether oxygens (including phenoxy) is 1. The minimum atomic E-state index is -0.118. The topological polar surface area (TPSA) is 60.0 Å². The van der Waals surface area contributed by atoms with Crippen LogP contribution in [0.4, 0.5) is 0 Å². The molecule has 2 atom stereocenters. The van der Waals surface area contributed by atoms with E-state index in [9.17, 15) is 5.26 Å². The van der Waals surface area contributed by atoms with Gasteiger partial charge in [0.15, 0.2) is 0 Å². The highest BCUT2D eigenvalue weighted by Gasteiger charge is 2.24. The maximum absolute atomic E-state index is 9.18. The van der Waals surface area contributed by atoms with Crippen LogP contribution < -0.4 is 0 Å². The molecule has 1 heterocycles. The fourth-order valence-electron chi connectivity index (χ4n) is 2.53. The molecule has 0 bridgehead atoms. The minimum Gasteiger partial charge on any atom is -0.371 e. The average molecular weight is 338 g/mol. The molecule has 0 amide bonds. The molecule has 1 saturated heterocycles. The van der Waals surface area contributed by atoms with E-state index in [1.165, 1.54) is 0 Å². The lowest BCUT2D eigenvalue weighted by Gasteiger charge is -2.34. The maximum atomic E-state index is 9.18. The third kappa shape index (κ3) is 4.60. The summed E-state index contributed by atoms with van der Waals surface area (Å²) in [7, 11) is 0. The molecule has 0 radical (unpaired) electrons. The Labute approximate surface area is 140 Å². The molecule has 0 spiro atoms. The SMILES string of the molecule is N#CCCC(C#N)CN1CCOC(c2ccc(Cl)c(Cl)c2)C1. The molecule has 4 nitrogen and oxygen atoms in total. The highest BCUT2D eigenvalue weighted by Crippen LogP contribution is 2.29. The average Bonchev–Trinajstić information content (AvgIpc) is 2.54. The lowest BCUT2D eigenvalue weighted by Crippen LogP contribution is -2.40. The van der Waals surface area contributed by atoms with Crippen LogP contribution in [0.25, 0.3) is 0 Å². The molecule has 1 aliphatic rings. The number of halogens is 2. The molecular formula is C16H17Cl2N3O. The van der Waals surface area contributed by atoms with Crippen molar-refractivity contribution in [2.45, 2.75) is 18.9 Å². The van der Waals surface area contributed by atoms with Crippen LogP contribution >= 0.6 is 23.2 Å². The van der Waals surface area contributed by atoms with Gasteiger partial charge in [0.05, 0.1) is 40.8 Å². The molecule has 6 heteroatoms. The van der Waals surface area contributed by atoms with Crippen molar-refractivity contribution in [3.8, 4) is 12.1 Å². The Kier molecular flexibility index (Phi) is 6.49. The summed E-state index contributed by atoms with van der Waals surface area (Å²) in [5.41, 5.74) is 0.990. The van der Waals surface area contributed by atoms with Crippen molar-refractivity contribution in [2.75, 3.05) is 26.2 Å². The third-order valence-corrected chi connectivity index (χ3v) is 4.47. The summed E-state index contributed by atoms with van der Waals surface area (Å²) >= 11 is 12.0. The second-order valence-electron chi connectivity index (χ2n) is 5.32. The van der Waals surface area contributed by atoms with E-state index in [0.717, 1.165) is 12.1 Å². The number of nitrogens with zero attached hydrogens (tertiary/aromatic N) is 3. The van der Waals surface area contributed by atoms with Gasteiger partial charge >= 0.3 is 0 Å². The van der Waals surface area contributed by atoms with E-state index in [0.29, 0.717) is 42.6 Å². The Morgan fingerprint density at radius 1 is 1.32 bits per heavy atom. The first-order valence-corrected chi connectivity index (χ1v) is 7.95. The number of rotatable bonds is 5. The van der Waals surface area contributed by atoms with Gasteiger partial charge in [-0.25, -0.2) is 0 Å². The summed E-state index contributed by atoms with van der Waals surface area (Å²) in [4.78, 5) is 2.21. The number of nitriles is 2. The zero-order valence-corrected chi connectivity index (χ0v) is 13.6. The zero-order valence-electron chi connectivity index (χ0n) is 12.1. The van der Waals surface area contributed by atoms with E-state index in [1.807, 2.05) is 12.1 Å². The first-order valence-electron chi connectivity index (χ1n) is 7.19. The molecule has 1 aromatic carbocycles. The Hall–Kier alpha value is -1.30. The Bertz CT molecular complexity index is 594. The predicted molar refractivity (Wildman–Crippen MR) is 85.5 cm³/mol. The number of morpholine rings is 1. The van der Waals surface area contributed by atoms with Gasteiger partial charge in [0.1, 0.15) is 0 Å². The van der Waals surface area contributed by atoms with Crippen molar-refractivity contribution >= 4 is 23.2 Å². The van der Waals surface area contributed by atoms with Crippen LogP contribution in [-0.2, 0) is 4.74 Å². The van der Waals surface area contributed by atoms with Gasteiger partial charge in [0, 0.05) is 26.1 Å². The summed E-state index contributed by atoms with van der Waals surface area (Å²) in [6, 6.07) is 9.89. The third-order valence-electron chi connectivity index (χ3n) is 3.73. The van der Waals surface area contributed by atoms with Crippen LogP contribution in [-0.4, -0.2) is 31.1 Å². The molecule has 1 aromatic rings. The van der Waals surface area contributed by atoms with Gasteiger partial charge < -0.3 is 4.74 Å². The summed E-state index contributed by atoms with van der Waals surface area (Å²) in [6.45, 7) is 2.78. The quantitative estimate of drug-likeness (QED) is 0.819. The van der Waals surface area contributed by atoms with Gasteiger partial charge in [-0.1, -0.05) is 29.3 Å². The van der Waals surface area contributed by atoms with Crippen LogP contribution in [0.2, 0.25) is 10.0 Å². The van der Waals surface area contributed by atoms with E-state index in [2.05, 4.69) is 17.0 Å². The summed E-state index contributed by atoms with van der Waals surface area (Å²) in [5.74, 6) is -0.118. The van der Waals surface area contributed by atoms with E-state index in [4.69, 9.17) is 33.2 Å². The highest BCUT2D eigenvalue weighted by molar-refractivity contribution is 6.42. The van der Waals surface area contributed by atoms with Gasteiger partial charge in [-0.3, -0.25) is 4.90 Å². The van der Waals surface area contributed by atoms with Crippen molar-refractivity contribution in [3.05, 3.63) is 33.8 Å². The smallest absolute Gasteiger partial charge is 0.0952 e. The summed E-state index contributed by atoms with van der Waals surface area (Å²) in [5, 5.41) is 18.9. The fourth-order valence-corrected chi connectivity index (χ4v) is 2.84. The number of benzene rings is 1. The standard InChI is InChI=1S/C16H17Cl2N3O/c17-14-4-3-13(8-15(14)18)16-11-21(6-7-22-16)10-12(9-20)2-1-5-19/h3-4,8,12,16H,1-2,6-7,10-11H2. The predicted octanol–water partition coefficient (Wildman–Crippen LogP) is 3.81. The van der Waals surface area contributed by atoms with Crippen LogP contribution in [0.3, 0.4) is 0 Å². The van der Waals surface area contributed by atoms with E-state index >= 15 is 0 Å². The molecule has 0 aromatic heterocycles. The van der Waals surface area contributed by atoms with E-state index in [-0.39, 0.29) is 12.0 Å². The molecule has 22 heavy (non-hydrogen) atoms. The highest BCUT2D eigenvalue weighted by atomic mass is 35.5. The van der Waals surface area contributed by atoms with Gasteiger partial charge in [0.25, 0.3) is 0 Å². The minimum absolute atomic E-state index is 0.0705. The monoisotopic (exact) mass is 337 g/mol. The largest absolute Gasteiger partial charge is 0.371 e.